The number of benzene rings is 1. The first-order chi connectivity index (χ1) is 8.10. The van der Waals surface area contributed by atoms with Crippen molar-refractivity contribution in [3.63, 3.8) is 0 Å². The lowest BCUT2D eigenvalue weighted by molar-refractivity contribution is -0.120. The summed E-state index contributed by atoms with van der Waals surface area (Å²) in [4.78, 5) is 11.8. The maximum atomic E-state index is 11.8. The van der Waals surface area contributed by atoms with Crippen molar-refractivity contribution in [1.29, 1.82) is 5.26 Å². The Morgan fingerprint density at radius 1 is 1.47 bits per heavy atom. The van der Waals surface area contributed by atoms with Crippen LogP contribution in [0.3, 0.4) is 0 Å². The van der Waals surface area contributed by atoms with Gasteiger partial charge in [0.15, 0.2) is 5.78 Å². The van der Waals surface area contributed by atoms with Gasteiger partial charge in [0.2, 0.25) is 0 Å². The average Bonchev–Trinajstić information content (AvgIpc) is 2.32. The third kappa shape index (κ3) is 3.71. The number of carbonyl (C=O) groups excluding carboxylic acids is 1. The number of Topliss-reactive ketones (excluding diaryl/α,β-unsaturated/α-hetero) is 1. The number of nitriles is 1. The van der Waals surface area contributed by atoms with Gasteiger partial charge in [-0.05, 0) is 17.7 Å². The number of halogens is 2. The zero-order valence-corrected chi connectivity index (χ0v) is 10.8. The number of rotatable bonds is 5. The maximum absolute atomic E-state index is 11.8. The monoisotopic (exact) mass is 271 g/mol. The number of hydrogen-bond acceptors (Lipinski definition) is 3. The molecule has 0 aliphatic heterocycles. The molecule has 17 heavy (non-hydrogen) atoms. The van der Waals surface area contributed by atoms with Crippen LogP contribution >= 0.6 is 23.2 Å². The van der Waals surface area contributed by atoms with Crippen LogP contribution in [0.1, 0.15) is 17.9 Å². The van der Waals surface area contributed by atoms with E-state index in [0.717, 1.165) is 0 Å². The minimum absolute atomic E-state index is 0.187. The molecule has 0 amide bonds. The molecule has 1 rings (SSSR count). The largest absolute Gasteiger partial charge is 0.384 e. The van der Waals surface area contributed by atoms with Crippen LogP contribution in [0.25, 0.3) is 0 Å². The fraction of sp³-hybridized carbons (Fsp3) is 0.333. The van der Waals surface area contributed by atoms with Gasteiger partial charge in [-0.3, -0.25) is 4.79 Å². The van der Waals surface area contributed by atoms with Gasteiger partial charge in [-0.15, -0.1) is 0 Å². The van der Waals surface area contributed by atoms with E-state index in [2.05, 4.69) is 0 Å². The number of ether oxygens (including phenoxy) is 1. The first-order valence-corrected chi connectivity index (χ1v) is 5.72. The van der Waals surface area contributed by atoms with Gasteiger partial charge in [0.05, 0.1) is 22.7 Å². The average molecular weight is 272 g/mol. The summed E-state index contributed by atoms with van der Waals surface area (Å²) in [5.41, 5.74) is 0.558. The van der Waals surface area contributed by atoms with Gasteiger partial charge < -0.3 is 4.74 Å². The highest BCUT2D eigenvalue weighted by Crippen LogP contribution is 2.27. The molecule has 1 atom stereocenters. The predicted octanol–water partition coefficient (Wildman–Crippen LogP) is 3.21. The molecule has 1 unspecified atom stereocenters. The lowest BCUT2D eigenvalue weighted by atomic mass is 9.94. The highest BCUT2D eigenvalue weighted by molar-refractivity contribution is 6.42. The maximum Gasteiger partial charge on any atom is 0.156 e. The van der Waals surface area contributed by atoms with E-state index in [0.29, 0.717) is 22.2 Å². The second-order valence-electron chi connectivity index (χ2n) is 3.44. The standard InChI is InChI=1S/C12H11Cl2NO2/c1-17-5-4-12(16)9(7-15)8-2-3-10(13)11(14)6-8/h2-3,6,9H,4-5H2,1H3. The number of ketones is 1. The summed E-state index contributed by atoms with van der Waals surface area (Å²) in [6.45, 7) is 0.304. The number of methoxy groups -OCH3 is 1. The molecule has 0 heterocycles. The van der Waals surface area contributed by atoms with Crippen LogP contribution in [0, 0.1) is 11.3 Å². The molecule has 0 spiro atoms. The summed E-state index contributed by atoms with van der Waals surface area (Å²) in [6, 6.07) is 6.72. The van der Waals surface area contributed by atoms with Gasteiger partial charge in [0.1, 0.15) is 5.92 Å². The van der Waals surface area contributed by atoms with Crippen LogP contribution in [0.15, 0.2) is 18.2 Å². The van der Waals surface area contributed by atoms with E-state index in [9.17, 15) is 4.79 Å². The highest BCUT2D eigenvalue weighted by Gasteiger charge is 2.20. The van der Waals surface area contributed by atoms with Crippen molar-refractivity contribution in [2.75, 3.05) is 13.7 Å². The zero-order valence-electron chi connectivity index (χ0n) is 9.24. The van der Waals surface area contributed by atoms with Crippen molar-refractivity contribution < 1.29 is 9.53 Å². The molecular weight excluding hydrogens is 261 g/mol. The second kappa shape index (κ2) is 6.61. The molecule has 1 aromatic carbocycles. The van der Waals surface area contributed by atoms with Crippen LogP contribution in [0.5, 0.6) is 0 Å². The molecule has 0 bridgehead atoms. The fourth-order valence-electron chi connectivity index (χ4n) is 1.37. The molecule has 0 saturated carbocycles. The van der Waals surface area contributed by atoms with Gasteiger partial charge in [-0.25, -0.2) is 0 Å². The topological polar surface area (TPSA) is 50.1 Å². The molecule has 1 aromatic rings. The van der Waals surface area contributed by atoms with Crippen LogP contribution in [0.4, 0.5) is 0 Å². The smallest absolute Gasteiger partial charge is 0.156 e. The molecular formula is C12H11Cl2NO2. The molecule has 0 aliphatic carbocycles. The third-order valence-electron chi connectivity index (χ3n) is 2.28. The van der Waals surface area contributed by atoms with Crippen LogP contribution < -0.4 is 0 Å². The lowest BCUT2D eigenvalue weighted by Gasteiger charge is -2.09. The van der Waals surface area contributed by atoms with Crippen molar-refractivity contribution in [2.24, 2.45) is 0 Å². The van der Waals surface area contributed by atoms with E-state index in [-0.39, 0.29) is 12.2 Å². The molecule has 0 aliphatic rings. The molecule has 0 saturated heterocycles. The Morgan fingerprint density at radius 2 is 2.18 bits per heavy atom. The van der Waals surface area contributed by atoms with E-state index in [1.807, 2.05) is 6.07 Å². The van der Waals surface area contributed by atoms with E-state index in [1.54, 1.807) is 18.2 Å². The van der Waals surface area contributed by atoms with Gasteiger partial charge in [-0.2, -0.15) is 5.26 Å². The quantitative estimate of drug-likeness (QED) is 0.826. The summed E-state index contributed by atoms with van der Waals surface area (Å²) < 4.78 is 4.81. The third-order valence-corrected chi connectivity index (χ3v) is 3.02. The summed E-state index contributed by atoms with van der Waals surface area (Å²) in [5, 5.41) is 9.76. The normalized spacial score (nSPS) is 11.9. The molecule has 3 nitrogen and oxygen atoms in total. The Labute approximate surface area is 110 Å². The molecule has 0 N–H and O–H groups in total. The summed E-state index contributed by atoms with van der Waals surface area (Å²) in [5.74, 6) is -1.01. The van der Waals surface area contributed by atoms with E-state index < -0.39 is 5.92 Å². The Hall–Kier alpha value is -1.08. The SMILES string of the molecule is COCCC(=O)C(C#N)c1ccc(Cl)c(Cl)c1. The minimum Gasteiger partial charge on any atom is -0.384 e. The number of carbonyl (C=O) groups is 1. The van der Waals surface area contributed by atoms with Crippen molar-refractivity contribution in [3.05, 3.63) is 33.8 Å². The highest BCUT2D eigenvalue weighted by atomic mass is 35.5. The van der Waals surface area contributed by atoms with E-state index in [4.69, 9.17) is 33.2 Å². The zero-order chi connectivity index (χ0) is 12.8. The second-order valence-corrected chi connectivity index (χ2v) is 4.26. The predicted molar refractivity (Wildman–Crippen MR) is 66.3 cm³/mol. The van der Waals surface area contributed by atoms with E-state index in [1.165, 1.54) is 7.11 Å². The Balaban J connectivity index is 2.90. The first kappa shape index (κ1) is 14.0. The van der Waals surface area contributed by atoms with Crippen molar-refractivity contribution in [1.82, 2.24) is 0 Å². The molecule has 90 valence electrons. The molecule has 0 aromatic heterocycles. The minimum atomic E-state index is -0.820. The van der Waals surface area contributed by atoms with Crippen LogP contribution in [-0.4, -0.2) is 19.5 Å². The van der Waals surface area contributed by atoms with Crippen molar-refractivity contribution in [3.8, 4) is 6.07 Å². The lowest BCUT2D eigenvalue weighted by Crippen LogP contribution is -2.12. The number of hydrogen-bond donors (Lipinski definition) is 0. The van der Waals surface area contributed by atoms with E-state index >= 15 is 0 Å². The van der Waals surface area contributed by atoms with Gasteiger partial charge in [-0.1, -0.05) is 29.3 Å². The first-order valence-electron chi connectivity index (χ1n) is 4.96. The summed E-state index contributed by atoms with van der Waals surface area (Å²) in [7, 11) is 1.51. The van der Waals surface area contributed by atoms with Crippen molar-refractivity contribution >= 4 is 29.0 Å². The Morgan fingerprint density at radius 3 is 2.71 bits per heavy atom. The van der Waals surface area contributed by atoms with Gasteiger partial charge in [0, 0.05) is 13.5 Å². The van der Waals surface area contributed by atoms with Crippen molar-refractivity contribution in [2.45, 2.75) is 12.3 Å². The molecule has 0 fully saturated rings. The van der Waals surface area contributed by atoms with Gasteiger partial charge >= 0.3 is 0 Å². The van der Waals surface area contributed by atoms with Crippen LogP contribution in [-0.2, 0) is 9.53 Å². The Bertz CT molecular complexity index is 454. The summed E-state index contributed by atoms with van der Waals surface area (Å²) >= 11 is 11.6. The number of nitrogens with zero attached hydrogens (tertiary/aromatic N) is 1. The molecule has 5 heteroatoms. The fourth-order valence-corrected chi connectivity index (χ4v) is 1.68. The summed E-state index contributed by atoms with van der Waals surface area (Å²) in [6.07, 6.45) is 0.203. The Kier molecular flexibility index (Phi) is 5.43. The van der Waals surface area contributed by atoms with Gasteiger partial charge in [0.25, 0.3) is 0 Å². The molecule has 0 radical (unpaired) electrons. The van der Waals surface area contributed by atoms with Crippen LogP contribution in [0.2, 0.25) is 10.0 Å².